The first-order valence-corrected chi connectivity index (χ1v) is 11.6. The van der Waals surface area contributed by atoms with E-state index in [0.29, 0.717) is 16.7 Å². The van der Waals surface area contributed by atoms with Crippen LogP contribution in [0.25, 0.3) is 0 Å². The van der Waals surface area contributed by atoms with Crippen molar-refractivity contribution < 1.29 is 26.4 Å². The minimum Gasteiger partial charge on any atom is -0.323 e. The second-order valence-electron chi connectivity index (χ2n) is 6.99. The highest BCUT2D eigenvalue weighted by molar-refractivity contribution is 7.92. The lowest BCUT2D eigenvalue weighted by molar-refractivity contribution is -0.137. The fourth-order valence-corrected chi connectivity index (χ4v) is 4.77. The maximum Gasteiger partial charge on any atom is 0.416 e. The van der Waals surface area contributed by atoms with Crippen LogP contribution >= 0.6 is 23.2 Å². The Balaban J connectivity index is 1.97. The molecular formula is C22H17Cl2F3N2O3S. The Bertz CT molecular complexity index is 1280. The maximum absolute atomic E-state index is 13.4. The van der Waals surface area contributed by atoms with E-state index in [1.165, 1.54) is 30.3 Å². The van der Waals surface area contributed by atoms with E-state index in [9.17, 15) is 26.4 Å². The molecule has 0 unspecified atom stereocenters. The van der Waals surface area contributed by atoms with Gasteiger partial charge in [0.25, 0.3) is 10.0 Å². The summed E-state index contributed by atoms with van der Waals surface area (Å²) in [6.07, 6.45) is -4.64. The molecule has 0 heterocycles. The molecule has 3 rings (SSSR count). The summed E-state index contributed by atoms with van der Waals surface area (Å²) >= 11 is 11.8. The number of amides is 1. The Morgan fingerprint density at radius 1 is 1.00 bits per heavy atom. The third-order valence-electron chi connectivity index (χ3n) is 4.64. The van der Waals surface area contributed by atoms with Gasteiger partial charge in [0.15, 0.2) is 0 Å². The Kier molecular flexibility index (Phi) is 7.26. The zero-order valence-corrected chi connectivity index (χ0v) is 19.4. The molecule has 1 N–H and O–H groups in total. The minimum atomic E-state index is -4.64. The van der Waals surface area contributed by atoms with Gasteiger partial charge in [0.2, 0.25) is 5.91 Å². The summed E-state index contributed by atoms with van der Waals surface area (Å²) in [5.74, 6) is -0.878. The molecule has 0 aliphatic rings. The second kappa shape index (κ2) is 9.62. The van der Waals surface area contributed by atoms with E-state index in [0.717, 1.165) is 16.4 Å². The zero-order valence-electron chi connectivity index (χ0n) is 17.0. The fourth-order valence-electron chi connectivity index (χ4n) is 2.99. The lowest BCUT2D eigenvalue weighted by Crippen LogP contribution is -2.38. The Labute approximate surface area is 198 Å². The number of carbonyl (C=O) groups is 1. The highest BCUT2D eigenvalue weighted by Gasteiger charge is 2.32. The van der Waals surface area contributed by atoms with Crippen LogP contribution in [0.3, 0.4) is 0 Å². The van der Waals surface area contributed by atoms with Gasteiger partial charge in [0, 0.05) is 5.02 Å². The van der Waals surface area contributed by atoms with Gasteiger partial charge in [-0.2, -0.15) is 13.2 Å². The molecular weight excluding hydrogens is 500 g/mol. The third-order valence-corrected chi connectivity index (χ3v) is 7.00. The molecule has 0 radical (unpaired) electrons. The Morgan fingerprint density at radius 3 is 2.24 bits per heavy atom. The first-order chi connectivity index (χ1) is 15.4. The van der Waals surface area contributed by atoms with Gasteiger partial charge in [-0.3, -0.25) is 9.10 Å². The van der Waals surface area contributed by atoms with Crippen molar-refractivity contribution in [2.24, 2.45) is 0 Å². The quantitative estimate of drug-likeness (QED) is 0.426. The Morgan fingerprint density at radius 2 is 1.64 bits per heavy atom. The smallest absolute Gasteiger partial charge is 0.323 e. The van der Waals surface area contributed by atoms with Gasteiger partial charge in [-0.05, 0) is 61.0 Å². The van der Waals surface area contributed by atoms with Crippen LogP contribution in [0, 0.1) is 6.92 Å². The molecule has 3 aromatic rings. The monoisotopic (exact) mass is 516 g/mol. The van der Waals surface area contributed by atoms with Gasteiger partial charge in [0.1, 0.15) is 6.54 Å². The number of halogens is 5. The summed E-state index contributed by atoms with van der Waals surface area (Å²) in [4.78, 5) is 12.7. The van der Waals surface area contributed by atoms with Crippen molar-refractivity contribution in [2.45, 2.75) is 18.0 Å². The van der Waals surface area contributed by atoms with Crippen molar-refractivity contribution in [1.82, 2.24) is 0 Å². The first-order valence-electron chi connectivity index (χ1n) is 9.40. The third kappa shape index (κ3) is 5.79. The van der Waals surface area contributed by atoms with Crippen LogP contribution in [0.2, 0.25) is 10.0 Å². The number of hydrogen-bond donors (Lipinski definition) is 1. The largest absolute Gasteiger partial charge is 0.416 e. The van der Waals surface area contributed by atoms with Crippen LogP contribution in [0.4, 0.5) is 24.5 Å². The van der Waals surface area contributed by atoms with Crippen LogP contribution in [0.1, 0.15) is 11.1 Å². The molecule has 174 valence electrons. The van der Waals surface area contributed by atoms with Crippen molar-refractivity contribution in [3.63, 3.8) is 0 Å². The summed E-state index contributed by atoms with van der Waals surface area (Å²) < 4.78 is 66.7. The summed E-state index contributed by atoms with van der Waals surface area (Å²) in [5, 5.41) is 2.48. The number of aryl methyl sites for hydroxylation is 1. The first kappa shape index (κ1) is 24.9. The molecule has 0 saturated carbocycles. The van der Waals surface area contributed by atoms with E-state index in [-0.39, 0.29) is 21.3 Å². The molecule has 33 heavy (non-hydrogen) atoms. The molecule has 0 saturated heterocycles. The van der Waals surface area contributed by atoms with Crippen molar-refractivity contribution in [2.75, 3.05) is 16.2 Å². The number of nitrogens with zero attached hydrogens (tertiary/aromatic N) is 1. The molecule has 11 heteroatoms. The standard InChI is InChI=1S/C22H17Cl2F3N2O3S/c1-14-4-2-3-5-20(14)29(33(31,32)17-9-7-16(23)8-10-17)13-21(30)28-19-12-15(22(25,26)27)6-11-18(19)24/h2-12H,13H2,1H3,(H,28,30). The van der Waals surface area contributed by atoms with Gasteiger partial charge in [0.05, 0.1) is 26.9 Å². The van der Waals surface area contributed by atoms with Crippen LogP contribution in [-0.4, -0.2) is 20.9 Å². The topological polar surface area (TPSA) is 66.5 Å². The van der Waals surface area contributed by atoms with Crippen molar-refractivity contribution in [3.05, 3.63) is 87.9 Å². The van der Waals surface area contributed by atoms with Gasteiger partial charge < -0.3 is 5.32 Å². The zero-order chi connectivity index (χ0) is 24.4. The van der Waals surface area contributed by atoms with Gasteiger partial charge in [-0.1, -0.05) is 41.4 Å². The molecule has 1 amide bonds. The van der Waals surface area contributed by atoms with E-state index in [4.69, 9.17) is 23.2 Å². The van der Waals surface area contributed by atoms with Gasteiger partial charge >= 0.3 is 6.18 Å². The van der Waals surface area contributed by atoms with Crippen molar-refractivity contribution in [3.8, 4) is 0 Å². The van der Waals surface area contributed by atoms with Crippen molar-refractivity contribution >= 4 is 50.5 Å². The average Bonchev–Trinajstić information content (AvgIpc) is 2.73. The van der Waals surface area contributed by atoms with Gasteiger partial charge in [-0.15, -0.1) is 0 Å². The summed E-state index contributed by atoms with van der Waals surface area (Å²) in [5.41, 5.74) is -0.491. The molecule has 0 spiro atoms. The van der Waals surface area contributed by atoms with Crippen molar-refractivity contribution in [1.29, 1.82) is 0 Å². The SMILES string of the molecule is Cc1ccccc1N(CC(=O)Nc1cc(C(F)(F)F)ccc1Cl)S(=O)(=O)c1ccc(Cl)cc1. The number of benzene rings is 3. The fraction of sp³-hybridized carbons (Fsp3) is 0.136. The lowest BCUT2D eigenvalue weighted by atomic mass is 10.2. The molecule has 0 aliphatic carbocycles. The number of para-hydroxylation sites is 1. The van der Waals surface area contributed by atoms with Crippen LogP contribution in [0.5, 0.6) is 0 Å². The second-order valence-corrected chi connectivity index (χ2v) is 9.70. The molecule has 0 fully saturated rings. The number of nitrogens with one attached hydrogen (secondary N) is 1. The summed E-state index contributed by atoms with van der Waals surface area (Å²) in [7, 11) is -4.22. The minimum absolute atomic E-state index is 0.111. The number of anilines is 2. The van der Waals surface area contributed by atoms with E-state index in [1.54, 1.807) is 25.1 Å². The van der Waals surface area contributed by atoms with Crippen LogP contribution < -0.4 is 9.62 Å². The predicted molar refractivity (Wildman–Crippen MR) is 122 cm³/mol. The maximum atomic E-state index is 13.4. The number of sulfonamides is 1. The normalized spacial score (nSPS) is 11.8. The lowest BCUT2D eigenvalue weighted by Gasteiger charge is -2.25. The van der Waals surface area contributed by atoms with E-state index in [1.807, 2.05) is 0 Å². The predicted octanol–water partition coefficient (Wildman–Crippen LogP) is 6.15. The molecule has 0 bridgehead atoms. The molecule has 5 nitrogen and oxygen atoms in total. The van der Waals surface area contributed by atoms with Crippen LogP contribution in [0.15, 0.2) is 71.6 Å². The number of rotatable bonds is 6. The molecule has 0 aliphatic heterocycles. The molecule has 3 aromatic carbocycles. The number of alkyl halides is 3. The van der Waals surface area contributed by atoms with E-state index in [2.05, 4.69) is 5.32 Å². The molecule has 0 aromatic heterocycles. The summed E-state index contributed by atoms with van der Waals surface area (Å²) in [6.45, 7) is 0.962. The average molecular weight is 517 g/mol. The highest BCUT2D eigenvalue weighted by atomic mass is 35.5. The highest BCUT2D eigenvalue weighted by Crippen LogP contribution is 2.34. The Hall–Kier alpha value is -2.75. The van der Waals surface area contributed by atoms with Crippen LogP contribution in [-0.2, 0) is 21.0 Å². The molecule has 0 atom stereocenters. The van der Waals surface area contributed by atoms with Gasteiger partial charge in [-0.25, -0.2) is 8.42 Å². The number of hydrogen-bond acceptors (Lipinski definition) is 3. The summed E-state index contributed by atoms with van der Waals surface area (Å²) in [6, 6.07) is 14.4. The van der Waals surface area contributed by atoms with E-state index >= 15 is 0 Å². The van der Waals surface area contributed by atoms with E-state index < -0.39 is 34.2 Å². The number of carbonyl (C=O) groups excluding carboxylic acids is 1.